The van der Waals surface area contributed by atoms with Crippen LogP contribution in [0.4, 0.5) is 0 Å². The van der Waals surface area contributed by atoms with Crippen LogP contribution in [0, 0.1) is 5.92 Å². The van der Waals surface area contributed by atoms with E-state index in [9.17, 15) is 10.2 Å². The molecule has 0 saturated carbocycles. The van der Waals surface area contributed by atoms with E-state index in [0.717, 1.165) is 44.9 Å². The molecule has 4 heteroatoms. The van der Waals surface area contributed by atoms with Gasteiger partial charge in [0.1, 0.15) is 0 Å². The van der Waals surface area contributed by atoms with Gasteiger partial charge in [-0.05, 0) is 58.9 Å². The molecular weight excluding hydrogens is 276 g/mol. The van der Waals surface area contributed by atoms with Crippen LogP contribution in [0.2, 0.25) is 0 Å². The first kappa shape index (κ1) is 21.8. The molecule has 0 rings (SSSR count). The lowest BCUT2D eigenvalue weighted by Crippen LogP contribution is -2.57. The molecular formula is C18H40N2O2. The van der Waals surface area contributed by atoms with Crippen molar-refractivity contribution < 1.29 is 10.2 Å². The molecule has 4 atom stereocenters. The van der Waals surface area contributed by atoms with Gasteiger partial charge in [0.25, 0.3) is 0 Å². The molecule has 0 aromatic rings. The number of hydrogen-bond acceptors (Lipinski definition) is 4. The average Bonchev–Trinajstić information content (AvgIpc) is 2.47. The van der Waals surface area contributed by atoms with E-state index in [1.54, 1.807) is 0 Å². The Balaban J connectivity index is 4.47. The summed E-state index contributed by atoms with van der Waals surface area (Å²) in [6.07, 6.45) is 6.22. The molecule has 0 fully saturated rings. The molecule has 0 aliphatic heterocycles. The monoisotopic (exact) mass is 316 g/mol. The van der Waals surface area contributed by atoms with Crippen molar-refractivity contribution in [2.75, 3.05) is 6.54 Å². The summed E-state index contributed by atoms with van der Waals surface area (Å²) in [6.45, 7) is 11.0. The van der Waals surface area contributed by atoms with Gasteiger partial charge in [-0.25, -0.2) is 0 Å². The van der Waals surface area contributed by atoms with Crippen LogP contribution < -0.4 is 11.1 Å². The first-order valence-corrected chi connectivity index (χ1v) is 9.13. The van der Waals surface area contributed by atoms with Crippen LogP contribution in [0.15, 0.2) is 0 Å². The zero-order valence-electron chi connectivity index (χ0n) is 15.4. The summed E-state index contributed by atoms with van der Waals surface area (Å²) < 4.78 is 0. The van der Waals surface area contributed by atoms with Crippen molar-refractivity contribution in [3.05, 3.63) is 0 Å². The molecule has 0 saturated heterocycles. The predicted octanol–water partition coefficient (Wildman–Crippen LogP) is 2.81. The number of aliphatic hydroxyl groups excluding tert-OH is 2. The number of nitrogens with one attached hydrogen (secondary N) is 1. The van der Waals surface area contributed by atoms with Gasteiger partial charge in [0, 0.05) is 11.6 Å². The Kier molecular flexibility index (Phi) is 11.3. The Morgan fingerprint density at radius 2 is 1.68 bits per heavy atom. The van der Waals surface area contributed by atoms with Crippen LogP contribution in [-0.4, -0.2) is 40.5 Å². The Bertz CT molecular complexity index is 272. The van der Waals surface area contributed by atoms with Crippen molar-refractivity contribution in [3.8, 4) is 0 Å². The Hall–Kier alpha value is -0.160. The van der Waals surface area contributed by atoms with Crippen LogP contribution in [0.1, 0.15) is 79.6 Å². The molecule has 0 spiro atoms. The minimum absolute atomic E-state index is 0.0269. The van der Waals surface area contributed by atoms with Crippen molar-refractivity contribution in [1.29, 1.82) is 0 Å². The Morgan fingerprint density at radius 3 is 2.18 bits per heavy atom. The molecule has 134 valence electrons. The first-order chi connectivity index (χ1) is 10.3. The fourth-order valence-corrected chi connectivity index (χ4v) is 3.10. The lowest BCUT2D eigenvalue weighted by Gasteiger charge is -2.38. The second kappa shape index (κ2) is 11.4. The van der Waals surface area contributed by atoms with Gasteiger partial charge in [-0.1, -0.05) is 33.1 Å². The maximum Gasteiger partial charge on any atom is 0.0718 e. The van der Waals surface area contributed by atoms with E-state index in [-0.39, 0.29) is 12.1 Å². The Morgan fingerprint density at radius 1 is 1.05 bits per heavy atom. The van der Waals surface area contributed by atoms with E-state index in [0.29, 0.717) is 12.5 Å². The van der Waals surface area contributed by atoms with E-state index in [1.807, 2.05) is 20.8 Å². The van der Waals surface area contributed by atoms with Gasteiger partial charge in [-0.3, -0.25) is 0 Å². The van der Waals surface area contributed by atoms with E-state index < -0.39 is 11.6 Å². The maximum atomic E-state index is 10.6. The number of aliphatic hydroxyl groups is 2. The standard InChI is InChI=1S/C18H40N2O2/c1-6-8-11-15(7-2)17(22)14(3)20-18(4,5)16(21)12-9-10-13-19/h14-17,20-22H,6-13,19H2,1-5H3. The minimum Gasteiger partial charge on any atom is -0.391 e. The van der Waals surface area contributed by atoms with Crippen LogP contribution in [0.25, 0.3) is 0 Å². The Labute approximate surface area is 137 Å². The van der Waals surface area contributed by atoms with Gasteiger partial charge >= 0.3 is 0 Å². The molecule has 0 amide bonds. The van der Waals surface area contributed by atoms with Crippen molar-refractivity contribution in [1.82, 2.24) is 5.32 Å². The lowest BCUT2D eigenvalue weighted by molar-refractivity contribution is 0.0212. The van der Waals surface area contributed by atoms with Crippen molar-refractivity contribution in [2.45, 2.75) is 103 Å². The highest BCUT2D eigenvalue weighted by Gasteiger charge is 2.32. The summed E-state index contributed by atoms with van der Waals surface area (Å²) in [5.74, 6) is 0.327. The predicted molar refractivity (Wildman–Crippen MR) is 94.9 cm³/mol. The normalized spacial score (nSPS) is 18.0. The second-order valence-corrected chi connectivity index (χ2v) is 7.26. The number of unbranched alkanes of at least 4 members (excludes halogenated alkanes) is 2. The molecule has 0 aromatic carbocycles. The molecule has 0 aliphatic rings. The third-order valence-electron chi connectivity index (χ3n) is 4.81. The molecule has 0 aliphatic carbocycles. The highest BCUT2D eigenvalue weighted by Crippen LogP contribution is 2.22. The van der Waals surface area contributed by atoms with Gasteiger partial charge in [0.2, 0.25) is 0 Å². The molecule has 5 N–H and O–H groups in total. The van der Waals surface area contributed by atoms with E-state index >= 15 is 0 Å². The summed E-state index contributed by atoms with van der Waals surface area (Å²) in [4.78, 5) is 0. The SMILES string of the molecule is CCCCC(CC)C(O)C(C)NC(C)(C)C(O)CCCCN. The van der Waals surface area contributed by atoms with E-state index in [4.69, 9.17) is 5.73 Å². The van der Waals surface area contributed by atoms with Crippen LogP contribution in [0.5, 0.6) is 0 Å². The third kappa shape index (κ3) is 7.91. The van der Waals surface area contributed by atoms with Gasteiger partial charge in [0.05, 0.1) is 12.2 Å². The smallest absolute Gasteiger partial charge is 0.0718 e. The quantitative estimate of drug-likeness (QED) is 0.394. The fourth-order valence-electron chi connectivity index (χ4n) is 3.10. The van der Waals surface area contributed by atoms with Crippen molar-refractivity contribution in [3.63, 3.8) is 0 Å². The van der Waals surface area contributed by atoms with Crippen LogP contribution in [-0.2, 0) is 0 Å². The zero-order chi connectivity index (χ0) is 17.2. The summed E-state index contributed by atoms with van der Waals surface area (Å²) in [5, 5.41) is 24.4. The largest absolute Gasteiger partial charge is 0.391 e. The van der Waals surface area contributed by atoms with Gasteiger partial charge in [-0.15, -0.1) is 0 Å². The number of hydrogen-bond donors (Lipinski definition) is 4. The molecule has 0 aromatic heterocycles. The summed E-state index contributed by atoms with van der Waals surface area (Å²) in [7, 11) is 0. The second-order valence-electron chi connectivity index (χ2n) is 7.26. The average molecular weight is 317 g/mol. The first-order valence-electron chi connectivity index (χ1n) is 9.13. The van der Waals surface area contributed by atoms with Gasteiger partial charge in [-0.2, -0.15) is 0 Å². The molecule has 0 radical (unpaired) electrons. The number of rotatable bonds is 13. The van der Waals surface area contributed by atoms with E-state index in [1.165, 1.54) is 0 Å². The van der Waals surface area contributed by atoms with Gasteiger partial charge < -0.3 is 21.3 Å². The lowest BCUT2D eigenvalue weighted by atomic mass is 9.87. The van der Waals surface area contributed by atoms with Crippen LogP contribution >= 0.6 is 0 Å². The summed E-state index contributed by atoms with van der Waals surface area (Å²) >= 11 is 0. The maximum absolute atomic E-state index is 10.6. The molecule has 0 bridgehead atoms. The molecule has 4 nitrogen and oxygen atoms in total. The zero-order valence-corrected chi connectivity index (χ0v) is 15.4. The minimum atomic E-state index is -0.426. The van der Waals surface area contributed by atoms with Crippen molar-refractivity contribution >= 4 is 0 Å². The molecule has 22 heavy (non-hydrogen) atoms. The topological polar surface area (TPSA) is 78.5 Å². The summed E-state index contributed by atoms with van der Waals surface area (Å²) in [5.41, 5.74) is 5.10. The summed E-state index contributed by atoms with van der Waals surface area (Å²) in [6, 6.07) is -0.0269. The van der Waals surface area contributed by atoms with Crippen molar-refractivity contribution in [2.24, 2.45) is 11.7 Å². The molecule has 0 heterocycles. The number of nitrogens with two attached hydrogens (primary N) is 1. The molecule has 4 unspecified atom stereocenters. The van der Waals surface area contributed by atoms with Crippen LogP contribution in [0.3, 0.4) is 0 Å². The fraction of sp³-hybridized carbons (Fsp3) is 1.00. The highest BCUT2D eigenvalue weighted by atomic mass is 16.3. The van der Waals surface area contributed by atoms with Gasteiger partial charge in [0.15, 0.2) is 0 Å². The highest BCUT2D eigenvalue weighted by molar-refractivity contribution is 4.91. The third-order valence-corrected chi connectivity index (χ3v) is 4.81. The van der Waals surface area contributed by atoms with E-state index in [2.05, 4.69) is 19.2 Å².